The average molecular weight is 394 g/mol. The Hall–Kier alpha value is -2.66. The van der Waals surface area contributed by atoms with Crippen molar-refractivity contribution in [1.82, 2.24) is 5.32 Å². The van der Waals surface area contributed by atoms with Gasteiger partial charge in [-0.3, -0.25) is 4.79 Å². The SMILES string of the molecule is CCOC(=O)C1=C(C)NC2=C(C(=O)CCC2)[C@@H]1c1cc(-c2ccccc2)cs1. The summed E-state index contributed by atoms with van der Waals surface area (Å²) in [6, 6.07) is 12.3. The van der Waals surface area contributed by atoms with Gasteiger partial charge in [0.15, 0.2) is 5.78 Å². The smallest absolute Gasteiger partial charge is 0.336 e. The summed E-state index contributed by atoms with van der Waals surface area (Å²) in [4.78, 5) is 26.7. The normalized spacial score (nSPS) is 19.4. The number of ether oxygens (including phenoxy) is 1. The molecule has 4 rings (SSSR count). The van der Waals surface area contributed by atoms with E-state index >= 15 is 0 Å². The second-order valence-electron chi connectivity index (χ2n) is 7.09. The van der Waals surface area contributed by atoms with Gasteiger partial charge in [-0.1, -0.05) is 30.3 Å². The minimum Gasteiger partial charge on any atom is -0.463 e. The lowest BCUT2D eigenvalue weighted by Gasteiger charge is -2.33. The molecule has 28 heavy (non-hydrogen) atoms. The molecule has 1 aromatic carbocycles. The largest absolute Gasteiger partial charge is 0.463 e. The molecule has 144 valence electrons. The Balaban J connectivity index is 1.82. The van der Waals surface area contributed by atoms with Crippen LogP contribution in [-0.2, 0) is 14.3 Å². The summed E-state index contributed by atoms with van der Waals surface area (Å²) in [6.45, 7) is 4.00. The number of dihydropyridines is 1. The van der Waals surface area contributed by atoms with Gasteiger partial charge in [0.2, 0.25) is 0 Å². The van der Waals surface area contributed by atoms with Gasteiger partial charge in [0.1, 0.15) is 0 Å². The molecule has 0 saturated carbocycles. The van der Waals surface area contributed by atoms with Crippen LogP contribution in [0.2, 0.25) is 0 Å². The zero-order chi connectivity index (χ0) is 19.7. The minimum absolute atomic E-state index is 0.128. The highest BCUT2D eigenvalue weighted by Crippen LogP contribution is 2.45. The van der Waals surface area contributed by atoms with Gasteiger partial charge in [-0.05, 0) is 49.3 Å². The first-order valence-corrected chi connectivity index (χ1v) is 10.5. The van der Waals surface area contributed by atoms with E-state index in [-0.39, 0.29) is 17.7 Å². The summed E-state index contributed by atoms with van der Waals surface area (Å²) in [7, 11) is 0. The molecule has 5 heteroatoms. The Kier molecular flexibility index (Phi) is 5.18. The number of allylic oxidation sites excluding steroid dienone is 3. The molecule has 1 N–H and O–H groups in total. The van der Waals surface area contributed by atoms with Crippen molar-refractivity contribution in [1.29, 1.82) is 0 Å². The molecule has 1 aliphatic heterocycles. The van der Waals surface area contributed by atoms with Crippen LogP contribution in [0.1, 0.15) is 43.9 Å². The third-order valence-corrected chi connectivity index (χ3v) is 6.28. The first-order chi connectivity index (χ1) is 13.6. The van der Waals surface area contributed by atoms with Crippen LogP contribution in [0, 0.1) is 0 Å². The maximum Gasteiger partial charge on any atom is 0.336 e. The number of hydrogen-bond donors (Lipinski definition) is 1. The third kappa shape index (κ3) is 3.31. The van der Waals surface area contributed by atoms with E-state index in [9.17, 15) is 9.59 Å². The van der Waals surface area contributed by atoms with E-state index in [0.29, 0.717) is 18.6 Å². The van der Waals surface area contributed by atoms with Gasteiger partial charge in [0.25, 0.3) is 0 Å². The molecular formula is C23H23NO3S. The van der Waals surface area contributed by atoms with E-state index in [0.717, 1.165) is 45.8 Å². The van der Waals surface area contributed by atoms with Crippen molar-refractivity contribution < 1.29 is 14.3 Å². The second kappa shape index (κ2) is 7.76. The van der Waals surface area contributed by atoms with Crippen LogP contribution in [0.25, 0.3) is 11.1 Å². The molecule has 0 bridgehead atoms. The van der Waals surface area contributed by atoms with Crippen molar-refractivity contribution in [2.75, 3.05) is 6.61 Å². The molecule has 1 aliphatic carbocycles. The van der Waals surface area contributed by atoms with E-state index in [4.69, 9.17) is 4.74 Å². The molecule has 0 spiro atoms. The monoisotopic (exact) mass is 393 g/mol. The fourth-order valence-corrected chi connectivity index (χ4v) is 5.07. The quantitative estimate of drug-likeness (QED) is 0.747. The van der Waals surface area contributed by atoms with Crippen LogP contribution in [0.3, 0.4) is 0 Å². The number of thiophene rings is 1. The van der Waals surface area contributed by atoms with Crippen LogP contribution >= 0.6 is 11.3 Å². The predicted octanol–water partition coefficient (Wildman–Crippen LogP) is 4.95. The highest BCUT2D eigenvalue weighted by molar-refractivity contribution is 7.10. The van der Waals surface area contributed by atoms with Gasteiger partial charge in [0.05, 0.1) is 18.1 Å². The summed E-state index contributed by atoms with van der Waals surface area (Å²) in [5.74, 6) is -0.578. The molecule has 4 nitrogen and oxygen atoms in total. The van der Waals surface area contributed by atoms with Crippen LogP contribution < -0.4 is 5.32 Å². The lowest BCUT2D eigenvalue weighted by molar-refractivity contribution is -0.138. The fourth-order valence-electron chi connectivity index (χ4n) is 4.03. The Morgan fingerprint density at radius 3 is 2.75 bits per heavy atom. The Labute approximate surface area is 168 Å². The maximum absolute atomic E-state index is 12.9. The highest BCUT2D eigenvalue weighted by Gasteiger charge is 2.39. The van der Waals surface area contributed by atoms with Crippen LogP contribution in [0.15, 0.2) is 64.3 Å². The van der Waals surface area contributed by atoms with Crippen molar-refractivity contribution in [2.24, 2.45) is 0 Å². The van der Waals surface area contributed by atoms with E-state index in [2.05, 4.69) is 28.9 Å². The van der Waals surface area contributed by atoms with Gasteiger partial charge in [-0.25, -0.2) is 4.79 Å². The van der Waals surface area contributed by atoms with Gasteiger partial charge in [-0.2, -0.15) is 0 Å². The summed E-state index contributed by atoms with van der Waals surface area (Å²) in [6.07, 6.45) is 2.21. The molecule has 2 aliphatic rings. The van der Waals surface area contributed by atoms with Crippen molar-refractivity contribution >= 4 is 23.1 Å². The first kappa shape index (κ1) is 18.7. The number of carbonyl (C=O) groups excluding carboxylic acids is 2. The molecule has 0 unspecified atom stereocenters. The molecule has 0 fully saturated rings. The van der Waals surface area contributed by atoms with E-state index in [1.165, 1.54) is 0 Å². The molecule has 0 radical (unpaired) electrons. The fraction of sp³-hybridized carbons (Fsp3) is 0.304. The van der Waals surface area contributed by atoms with Crippen LogP contribution in [-0.4, -0.2) is 18.4 Å². The zero-order valence-electron chi connectivity index (χ0n) is 16.1. The Morgan fingerprint density at radius 1 is 1.21 bits per heavy atom. The van der Waals surface area contributed by atoms with Gasteiger partial charge in [0, 0.05) is 28.3 Å². The molecule has 2 aromatic rings. The van der Waals surface area contributed by atoms with Gasteiger partial charge in [-0.15, -0.1) is 11.3 Å². The van der Waals surface area contributed by atoms with Crippen molar-refractivity contribution in [2.45, 2.75) is 39.0 Å². The number of nitrogens with one attached hydrogen (secondary N) is 1. The van der Waals surface area contributed by atoms with Crippen LogP contribution in [0.4, 0.5) is 0 Å². The zero-order valence-corrected chi connectivity index (χ0v) is 16.9. The lowest BCUT2D eigenvalue weighted by atomic mass is 9.77. The molecule has 0 saturated heterocycles. The Morgan fingerprint density at radius 2 is 2.00 bits per heavy atom. The van der Waals surface area contributed by atoms with Gasteiger partial charge < -0.3 is 10.1 Å². The van der Waals surface area contributed by atoms with Crippen molar-refractivity contribution in [3.8, 4) is 11.1 Å². The van der Waals surface area contributed by atoms with E-state index in [1.807, 2.05) is 25.1 Å². The van der Waals surface area contributed by atoms with E-state index < -0.39 is 0 Å². The molecule has 1 atom stereocenters. The molecule has 1 aromatic heterocycles. The summed E-state index contributed by atoms with van der Waals surface area (Å²) >= 11 is 1.59. The number of carbonyl (C=O) groups is 2. The number of rotatable bonds is 4. The highest BCUT2D eigenvalue weighted by atomic mass is 32.1. The van der Waals surface area contributed by atoms with Crippen molar-refractivity contribution in [3.05, 3.63) is 69.2 Å². The predicted molar refractivity (Wildman–Crippen MR) is 111 cm³/mol. The number of hydrogen-bond acceptors (Lipinski definition) is 5. The standard InChI is InChI=1S/C23H23NO3S/c1-3-27-23(26)20-14(2)24-17-10-7-11-18(25)21(17)22(20)19-12-16(13-28-19)15-8-5-4-6-9-15/h4-6,8-9,12-13,22,24H,3,7,10-11H2,1-2H3/t22-/m1/s1. The molecular weight excluding hydrogens is 370 g/mol. The number of esters is 1. The Bertz CT molecular complexity index is 984. The van der Waals surface area contributed by atoms with E-state index in [1.54, 1.807) is 18.3 Å². The average Bonchev–Trinajstić information content (AvgIpc) is 3.18. The minimum atomic E-state index is -0.356. The van der Waals surface area contributed by atoms with Crippen molar-refractivity contribution in [3.63, 3.8) is 0 Å². The topological polar surface area (TPSA) is 55.4 Å². The molecule has 0 amide bonds. The first-order valence-electron chi connectivity index (χ1n) is 9.65. The maximum atomic E-state index is 12.9. The third-order valence-electron chi connectivity index (χ3n) is 5.28. The summed E-state index contributed by atoms with van der Waals surface area (Å²) in [5, 5.41) is 5.41. The summed E-state index contributed by atoms with van der Waals surface area (Å²) in [5.41, 5.74) is 5.26. The number of Topliss-reactive ketones (excluding diaryl/α,β-unsaturated/α-hetero) is 1. The lowest BCUT2D eigenvalue weighted by Crippen LogP contribution is -2.34. The second-order valence-corrected chi connectivity index (χ2v) is 8.03. The molecule has 2 heterocycles. The number of ketones is 1. The summed E-state index contributed by atoms with van der Waals surface area (Å²) < 4.78 is 5.34. The van der Waals surface area contributed by atoms with Crippen LogP contribution in [0.5, 0.6) is 0 Å². The van der Waals surface area contributed by atoms with Gasteiger partial charge >= 0.3 is 5.97 Å². The number of benzene rings is 1.